The molecule has 10 nitrogen and oxygen atoms in total. The topological polar surface area (TPSA) is 122 Å². The summed E-state index contributed by atoms with van der Waals surface area (Å²) in [7, 11) is 3.94. The van der Waals surface area contributed by atoms with Crippen LogP contribution in [0.25, 0.3) is 11.3 Å². The highest BCUT2D eigenvalue weighted by Gasteiger charge is 2.45. The molecule has 0 aliphatic carbocycles. The molecule has 1 aromatic heterocycles. The number of amides is 1. The van der Waals surface area contributed by atoms with E-state index in [9.17, 15) is 15.0 Å². The predicted molar refractivity (Wildman–Crippen MR) is 114 cm³/mol. The number of nitrogens with one attached hydrogen (secondary N) is 1. The second-order valence-corrected chi connectivity index (χ2v) is 7.64. The van der Waals surface area contributed by atoms with E-state index in [4.69, 9.17) is 9.47 Å². The van der Waals surface area contributed by atoms with Gasteiger partial charge in [-0.25, -0.2) is 4.68 Å². The molecule has 1 amide bonds. The summed E-state index contributed by atoms with van der Waals surface area (Å²) >= 11 is 0. The lowest BCUT2D eigenvalue weighted by Gasteiger charge is -2.42. The van der Waals surface area contributed by atoms with Crippen molar-refractivity contribution in [3.05, 3.63) is 43.1 Å². The van der Waals surface area contributed by atoms with E-state index in [0.29, 0.717) is 5.69 Å². The largest absolute Gasteiger partial charge is 0.388 e. The molecule has 3 N–H and O–H groups in total. The van der Waals surface area contributed by atoms with Gasteiger partial charge in [0.2, 0.25) is 5.91 Å². The molecule has 2 aromatic rings. The monoisotopic (exact) mass is 431 g/mol. The number of anilines is 1. The molecule has 1 saturated heterocycles. The van der Waals surface area contributed by atoms with Crippen LogP contribution in [0.15, 0.2) is 43.1 Å². The van der Waals surface area contributed by atoms with Crippen LogP contribution < -0.4 is 10.2 Å². The van der Waals surface area contributed by atoms with Gasteiger partial charge in [-0.1, -0.05) is 23.4 Å². The Hall–Kier alpha value is -2.79. The van der Waals surface area contributed by atoms with E-state index in [0.717, 1.165) is 11.3 Å². The van der Waals surface area contributed by atoms with Crippen molar-refractivity contribution in [2.75, 3.05) is 25.6 Å². The molecule has 0 spiro atoms. The number of carbonyl (C=O) groups excluding carboxylic acids is 1. The Morgan fingerprint density at radius 1 is 1.32 bits per heavy atom. The van der Waals surface area contributed by atoms with Crippen LogP contribution in [0.2, 0.25) is 0 Å². The van der Waals surface area contributed by atoms with Gasteiger partial charge in [-0.15, -0.1) is 11.7 Å². The van der Waals surface area contributed by atoms with Crippen molar-refractivity contribution in [2.45, 2.75) is 44.1 Å². The number of hydrogen-bond donors (Lipinski definition) is 3. The van der Waals surface area contributed by atoms with Crippen molar-refractivity contribution < 1.29 is 24.5 Å². The molecule has 2 heterocycles. The summed E-state index contributed by atoms with van der Waals surface area (Å²) in [6.07, 6.45) is -1.03. The lowest BCUT2D eigenvalue weighted by atomic mass is 9.96. The fraction of sp³-hybridized carbons (Fsp3) is 0.476. The lowest BCUT2D eigenvalue weighted by molar-refractivity contribution is -0.264. The number of hydrogen-bond acceptors (Lipinski definition) is 8. The van der Waals surface area contributed by atoms with Crippen molar-refractivity contribution in [3.63, 3.8) is 0 Å². The summed E-state index contributed by atoms with van der Waals surface area (Å²) in [4.78, 5) is 13.5. The van der Waals surface area contributed by atoms with E-state index in [1.54, 1.807) is 10.9 Å². The molecule has 0 saturated carbocycles. The fourth-order valence-electron chi connectivity index (χ4n) is 3.41. The third-order valence-corrected chi connectivity index (χ3v) is 5.03. The maximum Gasteiger partial charge on any atom is 0.217 e. The molecule has 168 valence electrons. The molecule has 31 heavy (non-hydrogen) atoms. The second kappa shape index (κ2) is 10.0. The Morgan fingerprint density at radius 2 is 2.03 bits per heavy atom. The Morgan fingerprint density at radius 3 is 2.65 bits per heavy atom. The van der Waals surface area contributed by atoms with Gasteiger partial charge in [0.1, 0.15) is 30.0 Å². The van der Waals surface area contributed by atoms with Gasteiger partial charge in [0.15, 0.2) is 6.29 Å². The van der Waals surface area contributed by atoms with Gasteiger partial charge in [-0.2, -0.15) is 0 Å². The van der Waals surface area contributed by atoms with Gasteiger partial charge < -0.3 is 29.9 Å². The summed E-state index contributed by atoms with van der Waals surface area (Å²) in [5, 5.41) is 32.0. The van der Waals surface area contributed by atoms with Gasteiger partial charge in [-0.05, 0) is 12.1 Å². The molecule has 10 heteroatoms. The normalized spacial score (nSPS) is 25.8. The SMILES string of the molecule is C=CCO[C@H]1O[C@H](Cn2cc(-c3ccc(N(C)C)cc3)nn2)[C@H](O)[C@H](O)[C@H]1NC(C)=O. The number of aliphatic hydroxyl groups is 2. The molecule has 1 aromatic carbocycles. The zero-order valence-electron chi connectivity index (χ0n) is 17.9. The number of nitrogens with zero attached hydrogens (tertiary/aromatic N) is 4. The molecule has 1 aliphatic rings. The zero-order chi connectivity index (χ0) is 22.5. The van der Waals surface area contributed by atoms with E-state index in [1.807, 2.05) is 43.3 Å². The smallest absolute Gasteiger partial charge is 0.217 e. The number of aromatic nitrogens is 3. The van der Waals surface area contributed by atoms with Crippen molar-refractivity contribution in [1.29, 1.82) is 0 Å². The number of benzene rings is 1. The average molecular weight is 431 g/mol. The first-order chi connectivity index (χ1) is 14.8. The highest BCUT2D eigenvalue weighted by molar-refractivity contribution is 5.73. The molecule has 1 aliphatic heterocycles. The molecular weight excluding hydrogens is 402 g/mol. The maximum atomic E-state index is 11.5. The van der Waals surface area contributed by atoms with E-state index >= 15 is 0 Å². The standard InChI is InChI=1S/C21H29N5O5/c1-5-10-30-21-18(22-13(2)27)20(29)19(28)17(31-21)12-26-11-16(23-24-26)14-6-8-15(9-7-14)25(3)4/h5-9,11,17-21,28-29H,1,10,12H2,2-4H3,(H,22,27)/t17-,18-,19+,20-,21+/m1/s1. The first kappa shape index (κ1) is 22.9. The van der Waals surface area contributed by atoms with Crippen LogP contribution in [-0.4, -0.2) is 82.5 Å². The minimum Gasteiger partial charge on any atom is -0.388 e. The van der Waals surface area contributed by atoms with E-state index in [1.165, 1.54) is 13.0 Å². The summed E-state index contributed by atoms with van der Waals surface area (Å²) in [5.41, 5.74) is 2.65. The lowest BCUT2D eigenvalue weighted by Crippen LogP contribution is -2.64. The number of ether oxygens (including phenoxy) is 2. The molecule has 3 rings (SSSR count). The van der Waals surface area contributed by atoms with Crippen LogP contribution in [0, 0.1) is 0 Å². The van der Waals surface area contributed by atoms with Crippen molar-refractivity contribution in [3.8, 4) is 11.3 Å². The molecule has 0 unspecified atom stereocenters. The van der Waals surface area contributed by atoms with Crippen LogP contribution in [0.5, 0.6) is 0 Å². The molecule has 0 radical (unpaired) electrons. The first-order valence-electron chi connectivity index (χ1n) is 9.99. The Bertz CT molecular complexity index is 885. The third kappa shape index (κ3) is 5.47. The predicted octanol–water partition coefficient (Wildman–Crippen LogP) is 0.165. The van der Waals surface area contributed by atoms with E-state index in [-0.39, 0.29) is 19.1 Å². The Balaban J connectivity index is 1.72. The van der Waals surface area contributed by atoms with E-state index < -0.39 is 30.6 Å². The number of aliphatic hydroxyl groups excluding tert-OH is 2. The minimum absolute atomic E-state index is 0.141. The Kier molecular flexibility index (Phi) is 7.39. The summed E-state index contributed by atoms with van der Waals surface area (Å²) in [6, 6.07) is 6.98. The van der Waals surface area contributed by atoms with Crippen LogP contribution in [0.4, 0.5) is 5.69 Å². The molecular formula is C21H29N5O5. The van der Waals surface area contributed by atoms with Gasteiger partial charge in [0.05, 0.1) is 19.3 Å². The van der Waals surface area contributed by atoms with E-state index in [2.05, 4.69) is 22.2 Å². The van der Waals surface area contributed by atoms with Crippen molar-refractivity contribution >= 4 is 11.6 Å². The Labute approximate surface area is 181 Å². The quantitative estimate of drug-likeness (QED) is 0.506. The highest BCUT2D eigenvalue weighted by Crippen LogP contribution is 2.25. The van der Waals surface area contributed by atoms with Crippen molar-refractivity contribution in [1.82, 2.24) is 20.3 Å². The van der Waals surface area contributed by atoms with Crippen LogP contribution in [-0.2, 0) is 20.8 Å². The molecule has 5 atom stereocenters. The average Bonchev–Trinajstić information content (AvgIpc) is 3.21. The summed E-state index contributed by atoms with van der Waals surface area (Å²) in [6.45, 7) is 5.21. The van der Waals surface area contributed by atoms with Crippen LogP contribution >= 0.6 is 0 Å². The van der Waals surface area contributed by atoms with Crippen LogP contribution in [0.3, 0.4) is 0 Å². The van der Waals surface area contributed by atoms with Gasteiger partial charge >= 0.3 is 0 Å². The summed E-state index contributed by atoms with van der Waals surface area (Å²) < 4.78 is 13.0. The maximum absolute atomic E-state index is 11.5. The van der Waals surface area contributed by atoms with Crippen molar-refractivity contribution in [2.24, 2.45) is 0 Å². The highest BCUT2D eigenvalue weighted by atomic mass is 16.7. The van der Waals surface area contributed by atoms with Gasteiger partial charge in [0.25, 0.3) is 0 Å². The summed E-state index contributed by atoms with van der Waals surface area (Å²) in [5.74, 6) is -0.369. The second-order valence-electron chi connectivity index (χ2n) is 7.64. The number of carbonyl (C=O) groups is 1. The fourth-order valence-corrected chi connectivity index (χ4v) is 3.41. The number of rotatable bonds is 8. The van der Waals surface area contributed by atoms with Gasteiger partial charge in [-0.3, -0.25) is 4.79 Å². The van der Waals surface area contributed by atoms with Gasteiger partial charge in [0, 0.05) is 32.3 Å². The molecule has 1 fully saturated rings. The zero-order valence-corrected chi connectivity index (χ0v) is 17.9. The molecule has 0 bridgehead atoms. The van der Waals surface area contributed by atoms with Crippen LogP contribution in [0.1, 0.15) is 6.92 Å². The minimum atomic E-state index is -1.28. The third-order valence-electron chi connectivity index (χ3n) is 5.03. The first-order valence-corrected chi connectivity index (χ1v) is 9.99.